The first-order valence-electron chi connectivity index (χ1n) is 5.71. The highest BCUT2D eigenvalue weighted by atomic mass is 32.2. The molecule has 3 rings (SSSR count). The largest absolute Gasteiger partial charge is 0.493 e. The van der Waals surface area contributed by atoms with Crippen molar-refractivity contribution in [2.24, 2.45) is 17.0 Å². The van der Waals surface area contributed by atoms with Gasteiger partial charge in [0.2, 0.25) is 5.88 Å². The normalized spacial score (nSPS) is 13.7. The van der Waals surface area contributed by atoms with Gasteiger partial charge in [-0.15, -0.1) is 0 Å². The van der Waals surface area contributed by atoms with Crippen LogP contribution in [0.1, 0.15) is 5.69 Å². The van der Waals surface area contributed by atoms with E-state index in [0.29, 0.717) is 5.69 Å². The van der Waals surface area contributed by atoms with Crippen molar-refractivity contribution in [1.82, 2.24) is 9.55 Å². The van der Waals surface area contributed by atoms with E-state index in [1.165, 1.54) is 11.8 Å². The zero-order valence-electron chi connectivity index (χ0n) is 10.5. The molecule has 19 heavy (non-hydrogen) atoms. The number of aromatic nitrogens is 2. The van der Waals surface area contributed by atoms with Gasteiger partial charge in [-0.3, -0.25) is 4.57 Å². The SMILES string of the molecule is CSc1nc(C=c2ccc3c(c2)N=CN=3)c(O)n1C. The summed E-state index contributed by atoms with van der Waals surface area (Å²) in [5, 5.41) is 12.6. The molecule has 0 fully saturated rings. The van der Waals surface area contributed by atoms with Gasteiger partial charge in [-0.1, -0.05) is 17.8 Å². The quantitative estimate of drug-likeness (QED) is 0.829. The Kier molecular flexibility index (Phi) is 2.87. The molecule has 1 aromatic carbocycles. The van der Waals surface area contributed by atoms with Gasteiger partial charge < -0.3 is 5.11 Å². The van der Waals surface area contributed by atoms with Gasteiger partial charge in [0.1, 0.15) is 12.0 Å². The second kappa shape index (κ2) is 4.55. The van der Waals surface area contributed by atoms with Crippen molar-refractivity contribution in [2.45, 2.75) is 5.16 Å². The molecule has 0 atom stereocenters. The van der Waals surface area contributed by atoms with Crippen LogP contribution in [0.4, 0.5) is 5.69 Å². The van der Waals surface area contributed by atoms with E-state index in [1.54, 1.807) is 18.0 Å². The molecule has 2 heterocycles. The third-order valence-electron chi connectivity index (χ3n) is 2.93. The summed E-state index contributed by atoms with van der Waals surface area (Å²) in [4.78, 5) is 12.7. The minimum atomic E-state index is 0.165. The first-order valence-corrected chi connectivity index (χ1v) is 6.93. The molecule has 1 aliphatic rings. The minimum Gasteiger partial charge on any atom is -0.493 e. The minimum absolute atomic E-state index is 0.165. The van der Waals surface area contributed by atoms with Crippen LogP contribution >= 0.6 is 11.8 Å². The molecule has 2 aromatic rings. The molecule has 6 heteroatoms. The van der Waals surface area contributed by atoms with Gasteiger partial charge in [0.25, 0.3) is 0 Å². The van der Waals surface area contributed by atoms with Gasteiger partial charge in [-0.05, 0) is 29.7 Å². The molecular weight excluding hydrogens is 260 g/mol. The third kappa shape index (κ3) is 2.04. The predicted molar refractivity (Wildman–Crippen MR) is 75.6 cm³/mol. The number of nitrogens with zero attached hydrogens (tertiary/aromatic N) is 4. The lowest BCUT2D eigenvalue weighted by atomic mass is 10.2. The van der Waals surface area contributed by atoms with Crippen LogP contribution in [-0.4, -0.2) is 27.3 Å². The Morgan fingerprint density at radius 2 is 2.21 bits per heavy atom. The summed E-state index contributed by atoms with van der Waals surface area (Å²) in [6.45, 7) is 0. The van der Waals surface area contributed by atoms with Crippen molar-refractivity contribution in [3.8, 4) is 5.88 Å². The maximum absolute atomic E-state index is 10.0. The molecule has 0 radical (unpaired) electrons. The van der Waals surface area contributed by atoms with Crippen LogP contribution in [0, 0.1) is 0 Å². The first kappa shape index (κ1) is 12.0. The van der Waals surface area contributed by atoms with Crippen LogP contribution in [0.5, 0.6) is 5.88 Å². The fourth-order valence-electron chi connectivity index (χ4n) is 1.92. The third-order valence-corrected chi connectivity index (χ3v) is 3.66. The molecule has 1 N–H and O–H groups in total. The summed E-state index contributed by atoms with van der Waals surface area (Å²) >= 11 is 1.49. The van der Waals surface area contributed by atoms with E-state index in [0.717, 1.165) is 21.4 Å². The van der Waals surface area contributed by atoms with Gasteiger partial charge in [0.15, 0.2) is 5.16 Å². The highest BCUT2D eigenvalue weighted by Crippen LogP contribution is 2.23. The number of thioether (sulfide) groups is 1. The Morgan fingerprint density at radius 1 is 1.37 bits per heavy atom. The van der Waals surface area contributed by atoms with Crippen LogP contribution in [-0.2, 0) is 7.05 Å². The number of hydrogen-bond donors (Lipinski definition) is 1. The number of rotatable bonds is 2. The fourth-order valence-corrected chi connectivity index (χ4v) is 2.47. The summed E-state index contributed by atoms with van der Waals surface area (Å²) in [6.07, 6.45) is 5.30. The average molecular weight is 272 g/mol. The van der Waals surface area contributed by atoms with E-state index in [9.17, 15) is 5.11 Å². The molecule has 96 valence electrons. The summed E-state index contributed by atoms with van der Waals surface area (Å²) < 4.78 is 1.66. The molecule has 0 aliphatic carbocycles. The van der Waals surface area contributed by atoms with Crippen molar-refractivity contribution in [3.63, 3.8) is 0 Å². The van der Waals surface area contributed by atoms with Crippen molar-refractivity contribution in [3.05, 3.63) is 34.5 Å². The molecule has 0 spiro atoms. The maximum Gasteiger partial charge on any atom is 0.219 e. The molecule has 5 nitrogen and oxygen atoms in total. The first-order chi connectivity index (χ1) is 9.19. The number of aromatic hydroxyl groups is 1. The fraction of sp³-hybridized carbons (Fsp3) is 0.154. The van der Waals surface area contributed by atoms with Gasteiger partial charge in [0, 0.05) is 7.05 Å². The summed E-state index contributed by atoms with van der Waals surface area (Å²) in [7, 11) is 1.79. The monoisotopic (exact) mass is 272 g/mol. The molecular formula is C13H12N4OS. The zero-order chi connectivity index (χ0) is 13.4. The van der Waals surface area contributed by atoms with Crippen molar-refractivity contribution in [1.29, 1.82) is 0 Å². The van der Waals surface area contributed by atoms with E-state index in [4.69, 9.17) is 0 Å². The second-order valence-electron chi connectivity index (χ2n) is 4.13. The Labute approximate surface area is 114 Å². The molecule has 1 aliphatic heterocycles. The summed E-state index contributed by atoms with van der Waals surface area (Å²) in [6, 6.07) is 5.77. The van der Waals surface area contributed by atoms with Crippen molar-refractivity contribution in [2.75, 3.05) is 6.26 Å². The van der Waals surface area contributed by atoms with Crippen LogP contribution in [0.2, 0.25) is 0 Å². The lowest BCUT2D eigenvalue weighted by Crippen LogP contribution is -2.07. The Morgan fingerprint density at radius 3 is 2.95 bits per heavy atom. The summed E-state index contributed by atoms with van der Waals surface area (Å²) in [5.41, 5.74) is 1.40. The van der Waals surface area contributed by atoms with Crippen LogP contribution in [0.15, 0.2) is 33.3 Å². The average Bonchev–Trinajstić information content (AvgIpc) is 2.98. The second-order valence-corrected chi connectivity index (χ2v) is 4.91. The van der Waals surface area contributed by atoms with Crippen LogP contribution in [0.3, 0.4) is 0 Å². The lowest BCUT2D eigenvalue weighted by molar-refractivity contribution is 0.424. The summed E-state index contributed by atoms with van der Waals surface area (Å²) in [5.74, 6) is 0.165. The van der Waals surface area contributed by atoms with E-state index >= 15 is 0 Å². The van der Waals surface area contributed by atoms with Gasteiger partial charge in [0.05, 0.1) is 11.0 Å². The molecule has 0 bridgehead atoms. The number of benzene rings is 1. The molecule has 1 aromatic heterocycles. The number of aliphatic imine (C=N–C) groups is 1. The highest BCUT2D eigenvalue weighted by molar-refractivity contribution is 7.98. The number of fused-ring (bicyclic) bond motifs is 1. The van der Waals surface area contributed by atoms with E-state index in [-0.39, 0.29) is 5.88 Å². The number of imidazole rings is 1. The molecule has 0 saturated heterocycles. The van der Waals surface area contributed by atoms with Gasteiger partial charge >= 0.3 is 0 Å². The maximum atomic E-state index is 10.0. The Hall–Kier alpha value is -2.08. The van der Waals surface area contributed by atoms with E-state index in [1.807, 2.05) is 30.5 Å². The van der Waals surface area contributed by atoms with Crippen LogP contribution in [0.25, 0.3) is 6.08 Å². The molecule has 0 unspecified atom stereocenters. The van der Waals surface area contributed by atoms with Gasteiger partial charge in [-0.25, -0.2) is 15.0 Å². The standard InChI is InChI=1S/C13H12N4OS/c1-17-12(18)11(16-13(17)19-2)6-8-3-4-9-10(5-8)15-7-14-9/h3-7,18H,1-2H3. The van der Waals surface area contributed by atoms with Crippen molar-refractivity contribution < 1.29 is 5.11 Å². The van der Waals surface area contributed by atoms with E-state index < -0.39 is 0 Å². The molecule has 0 amide bonds. The smallest absolute Gasteiger partial charge is 0.219 e. The van der Waals surface area contributed by atoms with E-state index in [2.05, 4.69) is 15.0 Å². The lowest BCUT2D eigenvalue weighted by Gasteiger charge is -1.96. The highest BCUT2D eigenvalue weighted by Gasteiger charge is 2.10. The zero-order valence-corrected chi connectivity index (χ0v) is 11.3. The molecule has 0 saturated carbocycles. The van der Waals surface area contributed by atoms with Crippen molar-refractivity contribution >= 4 is 29.9 Å². The Balaban J connectivity index is 2.12. The Bertz CT molecular complexity index is 792. The topological polar surface area (TPSA) is 62.8 Å². The van der Waals surface area contributed by atoms with Gasteiger partial charge in [-0.2, -0.15) is 0 Å². The predicted octanol–water partition coefficient (Wildman–Crippen LogP) is 0.969. The number of hydrogen-bond acceptors (Lipinski definition) is 5. The van der Waals surface area contributed by atoms with Crippen LogP contribution < -0.4 is 10.6 Å².